The van der Waals surface area contributed by atoms with Crippen molar-refractivity contribution in [1.82, 2.24) is 4.90 Å². The Morgan fingerprint density at radius 1 is 1.15 bits per heavy atom. The Balaban J connectivity index is 1.97. The molecule has 20 heavy (non-hydrogen) atoms. The molecular weight excluding hydrogens is 250 g/mol. The van der Waals surface area contributed by atoms with Crippen molar-refractivity contribution in [2.24, 2.45) is 0 Å². The van der Waals surface area contributed by atoms with Crippen LogP contribution >= 0.6 is 0 Å². The first kappa shape index (κ1) is 15.3. The number of methoxy groups -OCH3 is 1. The van der Waals surface area contributed by atoms with Gasteiger partial charge in [0.15, 0.2) is 0 Å². The van der Waals surface area contributed by atoms with Crippen molar-refractivity contribution in [2.75, 3.05) is 40.0 Å². The van der Waals surface area contributed by atoms with Gasteiger partial charge in [0.2, 0.25) is 0 Å². The van der Waals surface area contributed by atoms with Crippen LogP contribution in [0.3, 0.4) is 0 Å². The molecule has 0 aromatic heterocycles. The molecule has 0 radical (unpaired) electrons. The fourth-order valence-electron chi connectivity index (χ4n) is 3.00. The zero-order chi connectivity index (χ0) is 14.5. The van der Waals surface area contributed by atoms with Gasteiger partial charge in [-0.1, -0.05) is 0 Å². The van der Waals surface area contributed by atoms with Crippen LogP contribution in [-0.4, -0.2) is 44.9 Å². The van der Waals surface area contributed by atoms with Gasteiger partial charge < -0.3 is 9.47 Å². The Morgan fingerprint density at radius 2 is 1.85 bits per heavy atom. The van der Waals surface area contributed by atoms with Crippen molar-refractivity contribution in [1.29, 1.82) is 0 Å². The van der Waals surface area contributed by atoms with Crippen molar-refractivity contribution in [2.45, 2.75) is 33.6 Å². The number of hydrogen-bond donors (Lipinski definition) is 0. The van der Waals surface area contributed by atoms with Gasteiger partial charge in [-0.3, -0.25) is 4.90 Å². The highest BCUT2D eigenvalue weighted by Gasteiger charge is 2.13. The summed E-state index contributed by atoms with van der Waals surface area (Å²) in [5, 5.41) is 0. The van der Waals surface area contributed by atoms with Gasteiger partial charge in [-0.2, -0.15) is 0 Å². The van der Waals surface area contributed by atoms with E-state index in [1.807, 2.05) is 0 Å². The van der Waals surface area contributed by atoms with Gasteiger partial charge in [0.1, 0.15) is 5.75 Å². The molecule has 1 aromatic rings. The fourth-order valence-corrected chi connectivity index (χ4v) is 3.00. The summed E-state index contributed by atoms with van der Waals surface area (Å²) in [6.45, 7) is 11.7. The lowest BCUT2D eigenvalue weighted by Gasteiger charge is -2.26. The summed E-state index contributed by atoms with van der Waals surface area (Å²) in [6.07, 6.45) is 2.37. The average Bonchev–Trinajstić information content (AvgIpc) is 2.47. The summed E-state index contributed by atoms with van der Waals surface area (Å²) in [5.74, 6) is 1.01. The molecule has 0 spiro atoms. The molecule has 1 saturated heterocycles. The molecule has 1 aliphatic heterocycles. The molecule has 0 atom stereocenters. The van der Waals surface area contributed by atoms with Crippen molar-refractivity contribution in [3.63, 3.8) is 0 Å². The normalized spacial score (nSPS) is 16.4. The van der Waals surface area contributed by atoms with E-state index in [0.717, 1.165) is 38.5 Å². The van der Waals surface area contributed by atoms with Gasteiger partial charge in [-0.05, 0) is 68.5 Å². The van der Waals surface area contributed by atoms with E-state index in [1.165, 1.54) is 35.2 Å². The standard InChI is InChI=1S/C17H27NO2/c1-13-12-17(19-4)15(3)14(2)16(13)6-5-7-18-8-10-20-11-9-18/h12H,5-11H2,1-4H3. The van der Waals surface area contributed by atoms with Crippen LogP contribution in [0.5, 0.6) is 5.75 Å². The number of rotatable bonds is 5. The number of ether oxygens (including phenoxy) is 2. The van der Waals surface area contributed by atoms with E-state index in [-0.39, 0.29) is 0 Å². The molecule has 2 rings (SSSR count). The Morgan fingerprint density at radius 3 is 2.50 bits per heavy atom. The van der Waals surface area contributed by atoms with Crippen LogP contribution < -0.4 is 4.74 Å². The molecule has 1 aliphatic rings. The quantitative estimate of drug-likeness (QED) is 0.826. The smallest absolute Gasteiger partial charge is 0.122 e. The minimum absolute atomic E-state index is 0.889. The van der Waals surface area contributed by atoms with Crippen molar-refractivity contribution >= 4 is 0 Å². The average molecular weight is 277 g/mol. The first-order valence-electron chi connectivity index (χ1n) is 7.57. The lowest BCUT2D eigenvalue weighted by Crippen LogP contribution is -2.37. The Kier molecular flexibility index (Phi) is 5.44. The number of benzene rings is 1. The molecule has 0 bridgehead atoms. The third-order valence-electron chi connectivity index (χ3n) is 4.43. The lowest BCUT2D eigenvalue weighted by molar-refractivity contribution is 0.0374. The highest BCUT2D eigenvalue weighted by molar-refractivity contribution is 5.48. The lowest BCUT2D eigenvalue weighted by atomic mass is 9.94. The van der Waals surface area contributed by atoms with E-state index in [2.05, 4.69) is 31.7 Å². The van der Waals surface area contributed by atoms with Gasteiger partial charge in [0, 0.05) is 13.1 Å². The van der Waals surface area contributed by atoms with Gasteiger partial charge in [0.05, 0.1) is 20.3 Å². The largest absolute Gasteiger partial charge is 0.496 e. The van der Waals surface area contributed by atoms with Gasteiger partial charge in [-0.15, -0.1) is 0 Å². The summed E-state index contributed by atoms with van der Waals surface area (Å²) in [6, 6.07) is 2.17. The van der Waals surface area contributed by atoms with Crippen LogP contribution in [0.4, 0.5) is 0 Å². The first-order valence-corrected chi connectivity index (χ1v) is 7.57. The van der Waals surface area contributed by atoms with E-state index in [4.69, 9.17) is 9.47 Å². The third kappa shape index (κ3) is 3.53. The number of aryl methyl sites for hydroxylation is 1. The zero-order valence-electron chi connectivity index (χ0n) is 13.3. The zero-order valence-corrected chi connectivity index (χ0v) is 13.3. The second-order valence-corrected chi connectivity index (χ2v) is 5.68. The van der Waals surface area contributed by atoms with Crippen molar-refractivity contribution in [3.05, 3.63) is 28.3 Å². The second-order valence-electron chi connectivity index (χ2n) is 5.68. The summed E-state index contributed by atoms with van der Waals surface area (Å²) >= 11 is 0. The molecule has 0 saturated carbocycles. The molecule has 3 nitrogen and oxygen atoms in total. The van der Waals surface area contributed by atoms with Crippen LogP contribution in [0.15, 0.2) is 6.07 Å². The third-order valence-corrected chi connectivity index (χ3v) is 4.43. The molecular formula is C17H27NO2. The van der Waals surface area contributed by atoms with Crippen LogP contribution in [-0.2, 0) is 11.2 Å². The van der Waals surface area contributed by atoms with E-state index < -0.39 is 0 Å². The van der Waals surface area contributed by atoms with Crippen molar-refractivity contribution in [3.8, 4) is 5.75 Å². The predicted molar refractivity (Wildman–Crippen MR) is 82.8 cm³/mol. The molecule has 112 valence electrons. The maximum Gasteiger partial charge on any atom is 0.122 e. The molecule has 1 heterocycles. The summed E-state index contributed by atoms with van der Waals surface area (Å²) in [4.78, 5) is 2.50. The highest BCUT2D eigenvalue weighted by atomic mass is 16.5. The Hall–Kier alpha value is -1.06. The summed E-state index contributed by atoms with van der Waals surface area (Å²) in [5.41, 5.74) is 5.52. The van der Waals surface area contributed by atoms with Gasteiger partial charge >= 0.3 is 0 Å². The fraction of sp³-hybridized carbons (Fsp3) is 0.647. The molecule has 1 fully saturated rings. The summed E-state index contributed by atoms with van der Waals surface area (Å²) < 4.78 is 10.8. The molecule has 0 unspecified atom stereocenters. The van der Waals surface area contributed by atoms with Crippen LogP contribution in [0.25, 0.3) is 0 Å². The van der Waals surface area contributed by atoms with E-state index in [1.54, 1.807) is 7.11 Å². The highest BCUT2D eigenvalue weighted by Crippen LogP contribution is 2.28. The molecule has 1 aromatic carbocycles. The van der Waals surface area contributed by atoms with Crippen LogP contribution in [0.1, 0.15) is 28.7 Å². The van der Waals surface area contributed by atoms with Gasteiger partial charge in [0.25, 0.3) is 0 Å². The minimum atomic E-state index is 0.889. The van der Waals surface area contributed by atoms with E-state index >= 15 is 0 Å². The number of morpholine rings is 1. The molecule has 0 amide bonds. The SMILES string of the molecule is COc1cc(C)c(CCCN2CCOCC2)c(C)c1C. The Bertz CT molecular complexity index is 451. The Labute approximate surface area is 122 Å². The van der Waals surface area contributed by atoms with Gasteiger partial charge in [-0.25, -0.2) is 0 Å². The second kappa shape index (κ2) is 7.09. The van der Waals surface area contributed by atoms with Crippen LogP contribution in [0, 0.1) is 20.8 Å². The predicted octanol–water partition coefficient (Wildman–Crippen LogP) is 2.89. The first-order chi connectivity index (χ1) is 9.63. The molecule has 0 N–H and O–H groups in total. The molecule has 3 heteroatoms. The number of hydrogen-bond acceptors (Lipinski definition) is 3. The van der Waals surface area contributed by atoms with Crippen molar-refractivity contribution < 1.29 is 9.47 Å². The number of nitrogens with zero attached hydrogens (tertiary/aromatic N) is 1. The molecule has 0 aliphatic carbocycles. The van der Waals surface area contributed by atoms with E-state index in [0.29, 0.717) is 0 Å². The minimum Gasteiger partial charge on any atom is -0.496 e. The van der Waals surface area contributed by atoms with Crippen LogP contribution in [0.2, 0.25) is 0 Å². The van der Waals surface area contributed by atoms with E-state index in [9.17, 15) is 0 Å². The maximum absolute atomic E-state index is 5.44. The topological polar surface area (TPSA) is 21.7 Å². The summed E-state index contributed by atoms with van der Waals surface area (Å²) in [7, 11) is 1.75. The maximum atomic E-state index is 5.44. The monoisotopic (exact) mass is 277 g/mol.